The minimum Gasteiger partial charge on any atom is -0.393 e. The van der Waals surface area contributed by atoms with Crippen LogP contribution >= 0.6 is 0 Å². The van der Waals surface area contributed by atoms with Crippen molar-refractivity contribution in [3.8, 4) is 0 Å². The van der Waals surface area contributed by atoms with E-state index in [4.69, 9.17) is 0 Å². The Hall–Kier alpha value is -2.49. The van der Waals surface area contributed by atoms with Gasteiger partial charge in [0, 0.05) is 20.0 Å². The lowest BCUT2D eigenvalue weighted by atomic mass is 9.85. The summed E-state index contributed by atoms with van der Waals surface area (Å²) in [5, 5.41) is 40.6. The van der Waals surface area contributed by atoms with Crippen LogP contribution in [-0.4, -0.2) is 69.7 Å². The lowest BCUT2D eigenvalue weighted by molar-refractivity contribution is -0.757. The molecule has 202 valence electrons. The molecule has 1 unspecified atom stereocenters. The highest BCUT2D eigenvalue weighted by atomic mass is 16.9. The van der Waals surface area contributed by atoms with E-state index >= 15 is 0 Å². The standard InChI is InChI=1S/C27H42N2O7/c1-28(18-9-19-36-29(34)35)27(33)13-8-3-2-7-12-23-24(26(32)20-25(23)31)17-16-22(30)15-14-21-10-5-4-6-11-21/h2,4-7,10-11,22-26,30-32H,3,8-9,12-20H2,1H3/t22?,23-,24-,25+,26-/m0/s1. The van der Waals surface area contributed by atoms with E-state index in [-0.39, 0.29) is 24.3 Å². The third kappa shape index (κ3) is 11.1. The van der Waals surface area contributed by atoms with Crippen LogP contribution in [0.2, 0.25) is 0 Å². The molecule has 0 radical (unpaired) electrons. The summed E-state index contributed by atoms with van der Waals surface area (Å²) in [5.74, 6) is -0.0815. The summed E-state index contributed by atoms with van der Waals surface area (Å²) in [6, 6.07) is 10.1. The van der Waals surface area contributed by atoms with Gasteiger partial charge in [-0.1, -0.05) is 42.5 Å². The number of unbranched alkanes of at least 4 members (excludes halogenated alkanes) is 1. The van der Waals surface area contributed by atoms with Crippen LogP contribution in [0, 0.1) is 22.0 Å². The van der Waals surface area contributed by atoms with Crippen molar-refractivity contribution in [2.45, 2.75) is 82.5 Å². The predicted molar refractivity (Wildman–Crippen MR) is 136 cm³/mol. The van der Waals surface area contributed by atoms with E-state index in [1.807, 2.05) is 30.4 Å². The van der Waals surface area contributed by atoms with Gasteiger partial charge in [0.25, 0.3) is 5.09 Å². The maximum Gasteiger partial charge on any atom is 0.294 e. The summed E-state index contributed by atoms with van der Waals surface area (Å²) in [5.41, 5.74) is 1.20. The summed E-state index contributed by atoms with van der Waals surface area (Å²) < 4.78 is 0. The molecule has 0 spiro atoms. The van der Waals surface area contributed by atoms with Gasteiger partial charge in [0.05, 0.1) is 24.9 Å². The first kappa shape index (κ1) is 29.7. The van der Waals surface area contributed by atoms with Crippen LogP contribution in [0.4, 0.5) is 0 Å². The molecule has 2 rings (SSSR count). The molecular weight excluding hydrogens is 464 g/mol. The second-order valence-corrected chi connectivity index (χ2v) is 9.78. The zero-order valence-corrected chi connectivity index (χ0v) is 21.3. The van der Waals surface area contributed by atoms with Crippen LogP contribution in [0.1, 0.15) is 63.4 Å². The predicted octanol–water partition coefficient (Wildman–Crippen LogP) is 3.29. The zero-order valence-electron chi connectivity index (χ0n) is 21.3. The number of aryl methyl sites for hydroxylation is 1. The minimum atomic E-state index is -0.835. The van der Waals surface area contributed by atoms with Crippen molar-refractivity contribution in [2.75, 3.05) is 20.2 Å². The first-order valence-electron chi connectivity index (χ1n) is 13.0. The van der Waals surface area contributed by atoms with Gasteiger partial charge in [-0.15, -0.1) is 10.1 Å². The van der Waals surface area contributed by atoms with Crippen molar-refractivity contribution in [2.24, 2.45) is 11.8 Å². The zero-order chi connectivity index (χ0) is 26.3. The Morgan fingerprint density at radius 3 is 2.61 bits per heavy atom. The second kappa shape index (κ2) is 16.3. The highest BCUT2D eigenvalue weighted by Gasteiger charge is 2.40. The molecule has 1 amide bonds. The van der Waals surface area contributed by atoms with Gasteiger partial charge in [0.15, 0.2) is 0 Å². The molecule has 5 atom stereocenters. The lowest BCUT2D eigenvalue weighted by Crippen LogP contribution is -2.28. The van der Waals surface area contributed by atoms with E-state index in [0.717, 1.165) is 12.8 Å². The molecule has 1 aliphatic rings. The van der Waals surface area contributed by atoms with Gasteiger partial charge in [-0.3, -0.25) is 4.79 Å². The fourth-order valence-corrected chi connectivity index (χ4v) is 4.91. The summed E-state index contributed by atoms with van der Waals surface area (Å²) in [6.45, 7) is 0.384. The SMILES string of the molecule is CN(CCCO[N+](=O)[O-])C(=O)CCCC=CC[C@H]1[C@H](CCC(O)CCc2ccccc2)[C@@H](O)C[C@H]1O. The number of benzene rings is 1. The molecule has 1 fully saturated rings. The van der Waals surface area contributed by atoms with Crippen molar-refractivity contribution >= 4 is 5.91 Å². The quantitative estimate of drug-likeness (QED) is 0.128. The molecule has 0 bridgehead atoms. The van der Waals surface area contributed by atoms with Crippen molar-refractivity contribution in [1.82, 2.24) is 4.90 Å². The Labute approximate surface area is 213 Å². The smallest absolute Gasteiger partial charge is 0.294 e. The summed E-state index contributed by atoms with van der Waals surface area (Å²) in [7, 11) is 1.68. The number of aliphatic hydroxyl groups excluding tert-OH is 3. The molecule has 1 aromatic carbocycles. The molecule has 9 heteroatoms. The number of amides is 1. The first-order valence-corrected chi connectivity index (χ1v) is 13.0. The fraction of sp³-hybridized carbons (Fsp3) is 0.667. The molecule has 1 aliphatic carbocycles. The van der Waals surface area contributed by atoms with Crippen LogP contribution in [0.15, 0.2) is 42.5 Å². The number of carbonyl (C=O) groups excluding carboxylic acids is 1. The van der Waals surface area contributed by atoms with Gasteiger partial charge in [-0.05, 0) is 75.2 Å². The number of carbonyl (C=O) groups is 1. The molecule has 0 saturated heterocycles. The minimum absolute atomic E-state index is 0.00951. The van der Waals surface area contributed by atoms with Gasteiger partial charge in [-0.25, -0.2) is 0 Å². The number of rotatable bonds is 17. The number of hydrogen-bond acceptors (Lipinski definition) is 7. The lowest BCUT2D eigenvalue weighted by Gasteiger charge is -2.23. The monoisotopic (exact) mass is 506 g/mol. The third-order valence-corrected chi connectivity index (χ3v) is 7.06. The Morgan fingerprint density at radius 1 is 1.17 bits per heavy atom. The van der Waals surface area contributed by atoms with Gasteiger partial charge in [0.2, 0.25) is 5.91 Å². The summed E-state index contributed by atoms with van der Waals surface area (Å²) in [4.78, 5) is 28.1. The molecule has 1 aromatic rings. The second-order valence-electron chi connectivity index (χ2n) is 9.78. The Morgan fingerprint density at radius 2 is 1.89 bits per heavy atom. The number of nitrogens with zero attached hydrogens (tertiary/aromatic N) is 2. The average molecular weight is 507 g/mol. The van der Waals surface area contributed by atoms with E-state index in [2.05, 4.69) is 17.0 Å². The average Bonchev–Trinajstić information content (AvgIpc) is 3.13. The molecule has 0 heterocycles. The normalized spacial score (nSPS) is 22.6. The highest BCUT2D eigenvalue weighted by molar-refractivity contribution is 5.75. The first-order chi connectivity index (χ1) is 17.3. The number of hydrogen-bond donors (Lipinski definition) is 3. The van der Waals surface area contributed by atoms with E-state index in [1.54, 1.807) is 11.9 Å². The molecule has 9 nitrogen and oxygen atoms in total. The summed E-state index contributed by atoms with van der Waals surface area (Å²) in [6.07, 6.45) is 8.55. The van der Waals surface area contributed by atoms with Crippen LogP contribution in [0.5, 0.6) is 0 Å². The Balaban J connectivity index is 1.65. The summed E-state index contributed by atoms with van der Waals surface area (Å²) >= 11 is 0. The van der Waals surface area contributed by atoms with Crippen LogP contribution in [0.3, 0.4) is 0 Å². The highest BCUT2D eigenvalue weighted by Crippen LogP contribution is 2.38. The van der Waals surface area contributed by atoms with Crippen LogP contribution < -0.4 is 0 Å². The molecular formula is C27H42N2O7. The maximum absolute atomic E-state index is 12.1. The number of allylic oxidation sites excluding steroid dienone is 2. The van der Waals surface area contributed by atoms with Gasteiger partial charge >= 0.3 is 0 Å². The molecule has 36 heavy (non-hydrogen) atoms. The van der Waals surface area contributed by atoms with Gasteiger partial charge < -0.3 is 25.1 Å². The van der Waals surface area contributed by atoms with Crippen LogP contribution in [0.25, 0.3) is 0 Å². The van der Waals surface area contributed by atoms with Gasteiger partial charge in [0.1, 0.15) is 0 Å². The van der Waals surface area contributed by atoms with Gasteiger partial charge in [-0.2, -0.15) is 0 Å². The number of aliphatic hydroxyl groups is 3. The largest absolute Gasteiger partial charge is 0.393 e. The fourth-order valence-electron chi connectivity index (χ4n) is 4.91. The van der Waals surface area contributed by atoms with Crippen molar-refractivity contribution < 1.29 is 30.0 Å². The van der Waals surface area contributed by atoms with Crippen molar-refractivity contribution in [1.29, 1.82) is 0 Å². The van der Waals surface area contributed by atoms with E-state index in [0.29, 0.717) is 57.9 Å². The van der Waals surface area contributed by atoms with Crippen molar-refractivity contribution in [3.05, 3.63) is 58.2 Å². The Kier molecular flexibility index (Phi) is 13.5. The maximum atomic E-state index is 12.1. The van der Waals surface area contributed by atoms with E-state index in [9.17, 15) is 30.2 Å². The molecule has 1 saturated carbocycles. The molecule has 0 aromatic heterocycles. The topological polar surface area (TPSA) is 133 Å². The van der Waals surface area contributed by atoms with Crippen LogP contribution in [-0.2, 0) is 16.1 Å². The Bertz CT molecular complexity index is 805. The molecule has 0 aliphatic heterocycles. The molecule has 3 N–H and O–H groups in total. The van der Waals surface area contributed by atoms with E-state index in [1.165, 1.54) is 5.56 Å². The third-order valence-electron chi connectivity index (χ3n) is 7.06. The van der Waals surface area contributed by atoms with Crippen molar-refractivity contribution in [3.63, 3.8) is 0 Å². The van der Waals surface area contributed by atoms with E-state index < -0.39 is 23.4 Å².